The molecule has 0 saturated heterocycles. The number of ketones is 1. The van der Waals surface area contributed by atoms with E-state index in [0.29, 0.717) is 12.0 Å². The molecule has 2 N–H and O–H groups in total. The molecular formula is C26H28N2O4S. The predicted molar refractivity (Wildman–Crippen MR) is 129 cm³/mol. The Bertz CT molecular complexity index is 1180. The lowest BCUT2D eigenvalue weighted by Gasteiger charge is -2.19. The van der Waals surface area contributed by atoms with Gasteiger partial charge in [0, 0.05) is 5.56 Å². The Kier molecular flexibility index (Phi) is 8.52. The summed E-state index contributed by atoms with van der Waals surface area (Å²) in [4.78, 5) is 26.1. The van der Waals surface area contributed by atoms with Gasteiger partial charge in [-0.15, -0.1) is 0 Å². The maximum atomic E-state index is 13.1. The molecule has 33 heavy (non-hydrogen) atoms. The van der Waals surface area contributed by atoms with E-state index in [2.05, 4.69) is 10.0 Å². The van der Waals surface area contributed by atoms with Crippen molar-refractivity contribution in [3.63, 3.8) is 0 Å². The first kappa shape index (κ1) is 24.4. The van der Waals surface area contributed by atoms with Crippen LogP contribution in [0, 0.1) is 0 Å². The summed E-state index contributed by atoms with van der Waals surface area (Å²) in [5.74, 6) is -0.747. The molecule has 0 fully saturated rings. The van der Waals surface area contributed by atoms with Gasteiger partial charge in [0.2, 0.25) is 10.0 Å². The van der Waals surface area contributed by atoms with Crippen LogP contribution in [0.1, 0.15) is 36.5 Å². The zero-order chi connectivity index (χ0) is 23.7. The molecule has 1 amide bonds. The highest BCUT2D eigenvalue weighted by atomic mass is 32.2. The quantitative estimate of drug-likeness (QED) is 0.445. The van der Waals surface area contributed by atoms with Crippen LogP contribution in [0.2, 0.25) is 0 Å². The number of benzene rings is 3. The standard InChI is InChI=1S/C26H28N2O4S/c1-2-3-18-24(25(29)19-27-33(31,32)21-14-8-5-9-15-21)28-26(30)23-17-11-10-16-22(23)20-12-6-4-7-13-20/h4-17,24,27H,2-3,18-19H2,1H3,(H,28,30). The van der Waals surface area contributed by atoms with Gasteiger partial charge in [-0.3, -0.25) is 9.59 Å². The number of rotatable bonds is 11. The molecule has 6 nitrogen and oxygen atoms in total. The first-order valence-electron chi connectivity index (χ1n) is 10.9. The fraction of sp³-hybridized carbons (Fsp3) is 0.231. The van der Waals surface area contributed by atoms with E-state index in [4.69, 9.17) is 0 Å². The zero-order valence-electron chi connectivity index (χ0n) is 18.5. The summed E-state index contributed by atoms with van der Waals surface area (Å²) >= 11 is 0. The summed E-state index contributed by atoms with van der Waals surface area (Å²) < 4.78 is 27.3. The number of carbonyl (C=O) groups is 2. The van der Waals surface area contributed by atoms with Crippen LogP contribution >= 0.6 is 0 Å². The number of nitrogens with one attached hydrogen (secondary N) is 2. The van der Waals surface area contributed by atoms with Crippen LogP contribution in [0.3, 0.4) is 0 Å². The molecule has 0 saturated carbocycles. The minimum Gasteiger partial charge on any atom is -0.342 e. The van der Waals surface area contributed by atoms with Crippen molar-refractivity contribution in [2.45, 2.75) is 37.1 Å². The molecule has 7 heteroatoms. The number of sulfonamides is 1. The molecule has 0 aliphatic carbocycles. The number of amides is 1. The molecule has 0 aromatic heterocycles. The van der Waals surface area contributed by atoms with Gasteiger partial charge in [-0.05, 0) is 35.7 Å². The summed E-state index contributed by atoms with van der Waals surface area (Å²) in [5, 5.41) is 2.83. The maximum absolute atomic E-state index is 13.1. The molecule has 0 spiro atoms. The Morgan fingerprint density at radius 1 is 0.848 bits per heavy atom. The molecule has 0 aliphatic rings. The van der Waals surface area contributed by atoms with Crippen LogP contribution in [0.4, 0.5) is 0 Å². The summed E-state index contributed by atoms with van der Waals surface area (Å²) in [7, 11) is -3.82. The molecule has 3 aromatic carbocycles. The highest BCUT2D eigenvalue weighted by molar-refractivity contribution is 7.89. The third-order valence-electron chi connectivity index (χ3n) is 5.29. The first-order valence-corrected chi connectivity index (χ1v) is 12.4. The maximum Gasteiger partial charge on any atom is 0.252 e. The van der Waals surface area contributed by atoms with E-state index in [-0.39, 0.29) is 16.6 Å². The normalized spacial score (nSPS) is 12.2. The van der Waals surface area contributed by atoms with E-state index in [0.717, 1.165) is 24.0 Å². The molecule has 0 heterocycles. The average Bonchev–Trinajstić information content (AvgIpc) is 2.86. The van der Waals surface area contributed by atoms with Gasteiger partial charge < -0.3 is 5.32 Å². The lowest BCUT2D eigenvalue weighted by Crippen LogP contribution is -2.45. The number of hydrogen-bond donors (Lipinski definition) is 2. The van der Waals surface area contributed by atoms with E-state index in [9.17, 15) is 18.0 Å². The third-order valence-corrected chi connectivity index (χ3v) is 6.70. The van der Waals surface area contributed by atoms with E-state index >= 15 is 0 Å². The summed E-state index contributed by atoms with van der Waals surface area (Å²) in [6, 6.07) is 23.8. The Balaban J connectivity index is 1.75. The van der Waals surface area contributed by atoms with Crippen LogP contribution in [-0.4, -0.2) is 32.7 Å². The van der Waals surface area contributed by atoms with E-state index in [1.807, 2.05) is 49.4 Å². The van der Waals surface area contributed by atoms with Crippen LogP contribution in [-0.2, 0) is 14.8 Å². The van der Waals surface area contributed by atoms with Gasteiger partial charge in [-0.2, -0.15) is 0 Å². The Labute approximate surface area is 195 Å². The van der Waals surface area contributed by atoms with E-state index in [1.165, 1.54) is 12.1 Å². The van der Waals surface area contributed by atoms with Gasteiger partial charge in [0.25, 0.3) is 5.91 Å². The lowest BCUT2D eigenvalue weighted by molar-refractivity contribution is -0.120. The molecule has 172 valence electrons. The molecule has 3 aromatic rings. The summed E-state index contributed by atoms with van der Waals surface area (Å²) in [6.07, 6.45) is 2.00. The van der Waals surface area contributed by atoms with Crippen molar-refractivity contribution < 1.29 is 18.0 Å². The van der Waals surface area contributed by atoms with Crippen molar-refractivity contribution in [1.82, 2.24) is 10.0 Å². The predicted octanol–water partition coefficient (Wildman–Crippen LogP) is 4.19. The monoisotopic (exact) mass is 464 g/mol. The smallest absolute Gasteiger partial charge is 0.252 e. The number of hydrogen-bond acceptors (Lipinski definition) is 4. The first-order chi connectivity index (χ1) is 15.9. The molecule has 3 rings (SSSR count). The minimum atomic E-state index is -3.82. The van der Waals surface area contributed by atoms with Crippen LogP contribution in [0.15, 0.2) is 89.8 Å². The van der Waals surface area contributed by atoms with E-state index in [1.54, 1.807) is 30.3 Å². The topological polar surface area (TPSA) is 92.3 Å². The number of carbonyl (C=O) groups excluding carboxylic acids is 2. The van der Waals surface area contributed by atoms with Gasteiger partial charge in [-0.25, -0.2) is 13.1 Å². The molecule has 1 atom stereocenters. The summed E-state index contributed by atoms with van der Waals surface area (Å²) in [6.45, 7) is 1.60. The van der Waals surface area contributed by atoms with Gasteiger partial charge in [0.1, 0.15) is 0 Å². The second-order valence-corrected chi connectivity index (χ2v) is 9.45. The largest absolute Gasteiger partial charge is 0.342 e. The highest BCUT2D eigenvalue weighted by Gasteiger charge is 2.24. The number of Topliss-reactive ketones (excluding diaryl/α,β-unsaturated/α-hetero) is 1. The molecule has 1 unspecified atom stereocenters. The molecular weight excluding hydrogens is 436 g/mol. The van der Waals surface area contributed by atoms with Crippen LogP contribution in [0.5, 0.6) is 0 Å². The van der Waals surface area contributed by atoms with Crippen LogP contribution < -0.4 is 10.0 Å². The minimum absolute atomic E-state index is 0.0868. The number of unbranched alkanes of at least 4 members (excludes halogenated alkanes) is 1. The lowest BCUT2D eigenvalue weighted by atomic mass is 9.98. The Morgan fingerprint density at radius 3 is 2.12 bits per heavy atom. The van der Waals surface area contributed by atoms with Crippen LogP contribution in [0.25, 0.3) is 11.1 Å². The average molecular weight is 465 g/mol. The van der Waals surface area contributed by atoms with Gasteiger partial charge in [0.15, 0.2) is 5.78 Å². The highest BCUT2D eigenvalue weighted by Crippen LogP contribution is 2.23. The van der Waals surface area contributed by atoms with Crippen molar-refractivity contribution in [2.24, 2.45) is 0 Å². The van der Waals surface area contributed by atoms with Gasteiger partial charge in [0.05, 0.1) is 17.5 Å². The molecule has 0 radical (unpaired) electrons. The fourth-order valence-electron chi connectivity index (χ4n) is 3.48. The Morgan fingerprint density at radius 2 is 1.45 bits per heavy atom. The van der Waals surface area contributed by atoms with Crippen molar-refractivity contribution >= 4 is 21.7 Å². The van der Waals surface area contributed by atoms with Crippen molar-refractivity contribution in [2.75, 3.05) is 6.54 Å². The van der Waals surface area contributed by atoms with Crippen molar-refractivity contribution in [3.05, 3.63) is 90.5 Å². The summed E-state index contributed by atoms with van der Waals surface area (Å²) in [5.41, 5.74) is 2.13. The van der Waals surface area contributed by atoms with Gasteiger partial charge >= 0.3 is 0 Å². The van der Waals surface area contributed by atoms with Crippen molar-refractivity contribution in [1.29, 1.82) is 0 Å². The second kappa shape index (κ2) is 11.5. The Hall–Kier alpha value is -3.29. The van der Waals surface area contributed by atoms with Gasteiger partial charge in [-0.1, -0.05) is 86.5 Å². The van der Waals surface area contributed by atoms with Crippen molar-refractivity contribution in [3.8, 4) is 11.1 Å². The van der Waals surface area contributed by atoms with E-state index < -0.39 is 22.6 Å². The second-order valence-electron chi connectivity index (χ2n) is 7.68. The SMILES string of the molecule is CCCCC(NC(=O)c1ccccc1-c1ccccc1)C(=O)CNS(=O)(=O)c1ccccc1. The fourth-order valence-corrected chi connectivity index (χ4v) is 4.50. The molecule has 0 aliphatic heterocycles. The third kappa shape index (κ3) is 6.60. The zero-order valence-corrected chi connectivity index (χ0v) is 19.3. The molecule has 0 bridgehead atoms.